The topological polar surface area (TPSA) is 6.48 Å². The Morgan fingerprint density at radius 3 is 0.931 bits per heavy atom. The van der Waals surface area contributed by atoms with Crippen molar-refractivity contribution in [2.24, 2.45) is 0 Å². The van der Waals surface area contributed by atoms with Gasteiger partial charge in [-0.05, 0) is 173 Å². The predicted molar refractivity (Wildman–Crippen MR) is 257 cm³/mol. The van der Waals surface area contributed by atoms with E-state index in [4.69, 9.17) is 0 Å². The largest absolute Gasteiger partial charge is 0.310 e. The zero-order valence-electron chi connectivity index (χ0n) is 34.4. The van der Waals surface area contributed by atoms with E-state index in [0.29, 0.717) is 0 Å². The number of fused-ring (bicyclic) bond motifs is 7. The highest BCUT2D eigenvalue weighted by Crippen LogP contribution is 2.46. The van der Waals surface area contributed by atoms with Gasteiger partial charge in [-0.1, -0.05) is 70.8 Å². The van der Waals surface area contributed by atoms with E-state index in [1.807, 2.05) is 22.7 Å². The first-order valence-electron chi connectivity index (χ1n) is 20.1. The molecule has 0 saturated heterocycles. The summed E-state index contributed by atoms with van der Waals surface area (Å²) < 4.78 is 5.27. The van der Waals surface area contributed by atoms with Crippen LogP contribution in [-0.4, -0.2) is 0 Å². The molecule has 4 heteroatoms. The minimum absolute atomic E-state index is 1.18. The first-order valence-corrected chi connectivity index (χ1v) is 21.8. The molecule has 10 rings (SSSR count). The van der Waals surface area contributed by atoms with Crippen LogP contribution in [0.5, 0.6) is 0 Å². The number of hydrogen-bond donors (Lipinski definition) is 0. The molecule has 10 aromatic rings. The molecule has 2 heterocycles. The second-order valence-corrected chi connectivity index (χ2v) is 18.6. The smallest absolute Gasteiger partial charge is 0.0491 e. The molecular formula is C54H46N2S2. The van der Waals surface area contributed by atoms with Gasteiger partial charge in [0.05, 0.1) is 0 Å². The molecule has 0 atom stereocenters. The SMILES string of the molecule is Cc1ccc(N(c2ccc3sc4cc5cc6sc7ccc(N(c8ccc(C)cc8C)c8ccc(C)cc8C)cc7c6cc5cc4c3c2)c2ccc(C)cc2C)c(C)c1. The van der Waals surface area contributed by atoms with Gasteiger partial charge >= 0.3 is 0 Å². The normalized spacial score (nSPS) is 11.8. The average Bonchev–Trinajstić information content (AvgIpc) is 3.72. The Bertz CT molecular complexity index is 2970. The molecule has 0 aliphatic rings. The molecular weight excluding hydrogens is 741 g/mol. The van der Waals surface area contributed by atoms with Gasteiger partial charge in [0.2, 0.25) is 0 Å². The lowest BCUT2D eigenvalue weighted by Crippen LogP contribution is -2.12. The molecule has 0 spiro atoms. The van der Waals surface area contributed by atoms with Crippen LogP contribution >= 0.6 is 22.7 Å². The molecule has 2 nitrogen and oxygen atoms in total. The van der Waals surface area contributed by atoms with Gasteiger partial charge in [0, 0.05) is 74.5 Å². The van der Waals surface area contributed by atoms with Crippen LogP contribution in [0.4, 0.5) is 34.1 Å². The predicted octanol–water partition coefficient (Wildman–Crippen LogP) is 17.0. The number of anilines is 6. The minimum Gasteiger partial charge on any atom is -0.310 e. The highest BCUT2D eigenvalue weighted by Gasteiger charge is 2.21. The van der Waals surface area contributed by atoms with Crippen molar-refractivity contribution in [3.05, 3.63) is 178 Å². The summed E-state index contributed by atoms with van der Waals surface area (Å²) in [6.45, 7) is 17.6. The van der Waals surface area contributed by atoms with Crippen molar-refractivity contribution in [1.29, 1.82) is 0 Å². The zero-order valence-corrected chi connectivity index (χ0v) is 36.0. The van der Waals surface area contributed by atoms with Crippen molar-refractivity contribution < 1.29 is 0 Å². The van der Waals surface area contributed by atoms with E-state index in [-0.39, 0.29) is 0 Å². The average molecular weight is 787 g/mol. The number of rotatable bonds is 6. The monoisotopic (exact) mass is 786 g/mol. The summed E-state index contributed by atoms with van der Waals surface area (Å²) in [7, 11) is 0. The Morgan fingerprint density at radius 1 is 0.293 bits per heavy atom. The fraction of sp³-hybridized carbons (Fsp3) is 0.148. The number of hydrogen-bond acceptors (Lipinski definition) is 4. The molecule has 0 N–H and O–H groups in total. The van der Waals surface area contributed by atoms with Gasteiger partial charge in [0.25, 0.3) is 0 Å². The van der Waals surface area contributed by atoms with Crippen LogP contribution in [0.3, 0.4) is 0 Å². The summed E-state index contributed by atoms with van der Waals surface area (Å²) in [6.07, 6.45) is 0. The van der Waals surface area contributed by atoms with Crippen molar-refractivity contribution in [1.82, 2.24) is 0 Å². The summed E-state index contributed by atoms with van der Waals surface area (Å²) >= 11 is 3.79. The number of thiophene rings is 2. The van der Waals surface area contributed by atoms with Gasteiger partial charge in [-0.25, -0.2) is 0 Å². The molecule has 0 saturated carbocycles. The Hall–Kier alpha value is -5.94. The van der Waals surface area contributed by atoms with Crippen LogP contribution in [0.2, 0.25) is 0 Å². The van der Waals surface area contributed by atoms with Gasteiger partial charge in [-0.3, -0.25) is 0 Å². The van der Waals surface area contributed by atoms with Crippen molar-refractivity contribution in [3.8, 4) is 0 Å². The second kappa shape index (κ2) is 13.9. The van der Waals surface area contributed by atoms with Crippen molar-refractivity contribution >= 4 is 108 Å². The van der Waals surface area contributed by atoms with E-state index in [9.17, 15) is 0 Å². The number of aryl methyl sites for hydroxylation is 8. The van der Waals surface area contributed by atoms with E-state index in [2.05, 4.69) is 199 Å². The Morgan fingerprint density at radius 2 is 0.603 bits per heavy atom. The number of benzene rings is 8. The maximum Gasteiger partial charge on any atom is 0.0491 e. The lowest BCUT2D eigenvalue weighted by atomic mass is 10.0. The van der Waals surface area contributed by atoms with E-state index in [1.165, 1.54) is 130 Å². The molecule has 8 aromatic carbocycles. The van der Waals surface area contributed by atoms with Crippen LogP contribution in [0.25, 0.3) is 51.1 Å². The number of nitrogens with zero attached hydrogens (tertiary/aromatic N) is 2. The minimum atomic E-state index is 1.18. The molecule has 0 unspecified atom stereocenters. The standard InChI is InChI=1S/C54H46N2S2/c1-31-9-15-47(35(5)21-31)55(48-16-10-32(2)22-36(48)6)41-13-19-51-45(29-41)43-25-39-26-44-46-30-42(14-20-52(46)58-54(44)28-40(39)27-53(43)57-51)56(49-17-11-33(3)23-37(49)7)50-18-12-34(4)24-38(50)8/h9-30H,1-8H3. The first kappa shape index (κ1) is 36.4. The highest BCUT2D eigenvalue weighted by molar-refractivity contribution is 7.26. The van der Waals surface area contributed by atoms with E-state index in [1.54, 1.807) is 0 Å². The lowest BCUT2D eigenvalue weighted by molar-refractivity contribution is 1.21. The molecule has 0 aliphatic carbocycles. The van der Waals surface area contributed by atoms with E-state index < -0.39 is 0 Å². The van der Waals surface area contributed by atoms with Gasteiger partial charge in [0.15, 0.2) is 0 Å². The molecule has 2 aromatic heterocycles. The van der Waals surface area contributed by atoms with E-state index in [0.717, 1.165) is 0 Å². The summed E-state index contributed by atoms with van der Waals surface area (Å²) in [5.74, 6) is 0. The maximum atomic E-state index is 2.45. The summed E-state index contributed by atoms with van der Waals surface area (Å²) in [4.78, 5) is 4.90. The van der Waals surface area contributed by atoms with Gasteiger partial charge in [0.1, 0.15) is 0 Å². The Balaban J connectivity index is 1.14. The summed E-state index contributed by atoms with van der Waals surface area (Å²) in [5.41, 5.74) is 17.4. The molecule has 0 bridgehead atoms. The second-order valence-electron chi connectivity index (χ2n) is 16.4. The van der Waals surface area contributed by atoms with Crippen LogP contribution in [-0.2, 0) is 0 Å². The molecule has 0 aliphatic heterocycles. The molecule has 0 radical (unpaired) electrons. The molecule has 0 fully saturated rings. The van der Waals surface area contributed by atoms with Crippen LogP contribution in [0.1, 0.15) is 44.5 Å². The van der Waals surface area contributed by atoms with Crippen molar-refractivity contribution in [2.75, 3.05) is 9.80 Å². The maximum absolute atomic E-state index is 2.45. The molecule has 284 valence electrons. The summed E-state index contributed by atoms with van der Waals surface area (Å²) in [6, 6.07) is 51.0. The summed E-state index contributed by atoms with van der Waals surface area (Å²) in [5, 5.41) is 7.79. The highest BCUT2D eigenvalue weighted by atomic mass is 32.1. The Kier molecular flexibility index (Phi) is 8.70. The third kappa shape index (κ3) is 6.14. The Labute approximate surface area is 349 Å². The van der Waals surface area contributed by atoms with Crippen LogP contribution < -0.4 is 9.80 Å². The first-order chi connectivity index (χ1) is 28.0. The zero-order chi connectivity index (χ0) is 40.0. The molecule has 58 heavy (non-hydrogen) atoms. The van der Waals surface area contributed by atoms with Gasteiger partial charge in [-0.15, -0.1) is 22.7 Å². The lowest BCUT2D eigenvalue weighted by Gasteiger charge is -2.29. The van der Waals surface area contributed by atoms with Gasteiger partial charge in [-0.2, -0.15) is 0 Å². The van der Waals surface area contributed by atoms with Crippen molar-refractivity contribution in [3.63, 3.8) is 0 Å². The van der Waals surface area contributed by atoms with Gasteiger partial charge < -0.3 is 9.80 Å². The van der Waals surface area contributed by atoms with Crippen LogP contribution in [0.15, 0.2) is 133 Å². The third-order valence-electron chi connectivity index (χ3n) is 11.9. The molecule has 0 amide bonds. The fourth-order valence-electron chi connectivity index (χ4n) is 9.09. The van der Waals surface area contributed by atoms with Crippen LogP contribution in [0, 0.1) is 55.4 Å². The van der Waals surface area contributed by atoms with Crippen molar-refractivity contribution in [2.45, 2.75) is 55.4 Å². The van der Waals surface area contributed by atoms with E-state index >= 15 is 0 Å². The quantitative estimate of drug-likeness (QED) is 0.166. The fourth-order valence-corrected chi connectivity index (χ4v) is 11.3. The third-order valence-corrected chi connectivity index (χ3v) is 14.1.